The van der Waals surface area contributed by atoms with Crippen LogP contribution in [0.4, 0.5) is 10.5 Å². The first kappa shape index (κ1) is 18.7. The van der Waals surface area contributed by atoms with Crippen molar-refractivity contribution in [2.45, 2.75) is 25.9 Å². The highest BCUT2D eigenvalue weighted by atomic mass is 32.1. The van der Waals surface area contributed by atoms with Gasteiger partial charge in [0.15, 0.2) is 0 Å². The number of carbonyl (C=O) groups excluding carboxylic acids is 1. The Hall–Kier alpha value is -3.31. The number of fused-ring (bicyclic) bond motifs is 3. The number of para-hydroxylation sites is 1. The van der Waals surface area contributed by atoms with Crippen molar-refractivity contribution in [1.82, 2.24) is 9.47 Å². The van der Waals surface area contributed by atoms with E-state index in [1.807, 2.05) is 35.2 Å². The predicted octanol–water partition coefficient (Wildman–Crippen LogP) is 6.24. The van der Waals surface area contributed by atoms with E-state index in [9.17, 15) is 4.79 Å². The lowest BCUT2D eigenvalue weighted by molar-refractivity contribution is 0.195. The van der Waals surface area contributed by atoms with Gasteiger partial charge in [-0.25, -0.2) is 4.79 Å². The third kappa shape index (κ3) is 3.31. The van der Waals surface area contributed by atoms with Crippen molar-refractivity contribution in [3.8, 4) is 5.69 Å². The zero-order chi connectivity index (χ0) is 20.5. The first-order valence-electron chi connectivity index (χ1n) is 10.2. The summed E-state index contributed by atoms with van der Waals surface area (Å²) in [6.45, 7) is 2.67. The number of hydrogen-bond donors (Lipinski definition) is 1. The van der Waals surface area contributed by atoms with Crippen molar-refractivity contribution in [3.05, 3.63) is 106 Å². The molecule has 2 aromatic heterocycles. The molecule has 4 aromatic rings. The number of urea groups is 1. The van der Waals surface area contributed by atoms with Crippen LogP contribution in [0.5, 0.6) is 0 Å². The van der Waals surface area contributed by atoms with E-state index in [4.69, 9.17) is 0 Å². The van der Waals surface area contributed by atoms with Gasteiger partial charge in [-0.15, -0.1) is 11.3 Å². The number of thiophene rings is 1. The number of aromatic nitrogens is 1. The zero-order valence-corrected chi connectivity index (χ0v) is 17.6. The van der Waals surface area contributed by atoms with E-state index in [0.29, 0.717) is 6.54 Å². The van der Waals surface area contributed by atoms with Gasteiger partial charge in [0.1, 0.15) is 6.04 Å². The van der Waals surface area contributed by atoms with E-state index in [1.54, 1.807) is 11.3 Å². The van der Waals surface area contributed by atoms with Crippen LogP contribution < -0.4 is 5.32 Å². The molecule has 5 rings (SSSR count). The predicted molar refractivity (Wildman–Crippen MR) is 122 cm³/mol. The lowest BCUT2D eigenvalue weighted by Crippen LogP contribution is -2.37. The molecule has 1 atom stereocenters. The molecule has 3 heterocycles. The van der Waals surface area contributed by atoms with Crippen LogP contribution >= 0.6 is 11.3 Å². The Labute approximate surface area is 180 Å². The van der Waals surface area contributed by atoms with Gasteiger partial charge in [-0.1, -0.05) is 43.3 Å². The Morgan fingerprint density at radius 1 is 1.03 bits per heavy atom. The van der Waals surface area contributed by atoms with Crippen molar-refractivity contribution >= 4 is 23.1 Å². The molecule has 1 aliphatic rings. The minimum atomic E-state index is -0.151. The Morgan fingerprint density at radius 3 is 2.63 bits per heavy atom. The normalized spacial score (nSPS) is 15.2. The van der Waals surface area contributed by atoms with Gasteiger partial charge in [0.2, 0.25) is 0 Å². The van der Waals surface area contributed by atoms with Gasteiger partial charge in [-0.05, 0) is 59.3 Å². The summed E-state index contributed by atoms with van der Waals surface area (Å²) in [5.41, 5.74) is 5.42. The maximum absolute atomic E-state index is 13.5. The van der Waals surface area contributed by atoms with E-state index in [2.05, 4.69) is 70.8 Å². The maximum Gasteiger partial charge on any atom is 0.323 e. The molecule has 0 fully saturated rings. The number of rotatable bonds is 3. The molecule has 1 aliphatic heterocycles. The summed E-state index contributed by atoms with van der Waals surface area (Å²) >= 11 is 1.68. The molecule has 1 N–H and O–H groups in total. The van der Waals surface area contributed by atoms with Crippen LogP contribution in [0.1, 0.15) is 34.7 Å². The summed E-state index contributed by atoms with van der Waals surface area (Å²) in [6.07, 6.45) is 3.06. The van der Waals surface area contributed by atoms with Gasteiger partial charge >= 0.3 is 6.03 Å². The highest BCUT2D eigenvalue weighted by molar-refractivity contribution is 7.10. The average Bonchev–Trinajstić information content (AvgIpc) is 3.45. The smallest absolute Gasteiger partial charge is 0.318 e. The van der Waals surface area contributed by atoms with Gasteiger partial charge in [-0.3, -0.25) is 0 Å². The average molecular weight is 414 g/mol. The highest BCUT2D eigenvalue weighted by Gasteiger charge is 2.33. The lowest BCUT2D eigenvalue weighted by atomic mass is 10.1. The molecule has 0 aliphatic carbocycles. The van der Waals surface area contributed by atoms with E-state index in [1.165, 1.54) is 5.56 Å². The first-order valence-corrected chi connectivity index (χ1v) is 11.1. The molecular weight excluding hydrogens is 390 g/mol. The molecular formula is C25H23N3OS. The maximum atomic E-state index is 13.5. The van der Waals surface area contributed by atoms with E-state index < -0.39 is 0 Å². The SMILES string of the molecule is CCc1ccc(NC(=O)N2Cc3ccccc3-n3cccc3[C@@H]2c2cccs2)cc1. The second kappa shape index (κ2) is 7.84. The molecule has 4 nitrogen and oxygen atoms in total. The van der Waals surface area contributed by atoms with Gasteiger partial charge in [0.25, 0.3) is 0 Å². The molecule has 0 saturated carbocycles. The summed E-state index contributed by atoms with van der Waals surface area (Å²) in [5.74, 6) is 0. The third-order valence-corrected chi connectivity index (χ3v) is 6.58. The van der Waals surface area contributed by atoms with Gasteiger partial charge in [-0.2, -0.15) is 0 Å². The standard InChI is InChI=1S/C25H23N3OS/c1-2-18-11-13-20(14-12-18)26-25(29)28-17-19-7-3-4-8-21(19)27-15-5-9-22(27)24(28)23-10-6-16-30-23/h3-16,24H,2,17H2,1H3,(H,26,29)/t24-/m1/s1. The monoisotopic (exact) mass is 413 g/mol. The van der Waals surface area contributed by atoms with Crippen LogP contribution in [0.3, 0.4) is 0 Å². The molecule has 0 unspecified atom stereocenters. The Bertz CT molecular complexity index is 1160. The van der Waals surface area contributed by atoms with Gasteiger partial charge in [0, 0.05) is 16.8 Å². The highest BCUT2D eigenvalue weighted by Crippen LogP contribution is 2.38. The fourth-order valence-corrected chi connectivity index (χ4v) is 4.95. The number of nitrogens with one attached hydrogen (secondary N) is 1. The lowest BCUT2D eigenvalue weighted by Gasteiger charge is -2.30. The van der Waals surface area contributed by atoms with Crippen LogP contribution in [0.15, 0.2) is 84.4 Å². The quantitative estimate of drug-likeness (QED) is 0.424. The Kier molecular flexibility index (Phi) is 4.89. The van der Waals surface area contributed by atoms with Crippen molar-refractivity contribution in [2.75, 3.05) is 5.32 Å². The van der Waals surface area contributed by atoms with E-state index in [-0.39, 0.29) is 12.1 Å². The summed E-state index contributed by atoms with van der Waals surface area (Å²) in [7, 11) is 0. The summed E-state index contributed by atoms with van der Waals surface area (Å²) < 4.78 is 2.21. The molecule has 5 heteroatoms. The number of anilines is 1. The minimum Gasteiger partial charge on any atom is -0.318 e. The Balaban J connectivity index is 1.57. The second-order valence-corrected chi connectivity index (χ2v) is 8.44. The molecule has 2 aromatic carbocycles. The van der Waals surface area contributed by atoms with Crippen molar-refractivity contribution in [1.29, 1.82) is 0 Å². The topological polar surface area (TPSA) is 37.3 Å². The fraction of sp³-hybridized carbons (Fsp3) is 0.160. The van der Waals surface area contributed by atoms with E-state index >= 15 is 0 Å². The molecule has 0 radical (unpaired) electrons. The van der Waals surface area contributed by atoms with Crippen molar-refractivity contribution in [2.24, 2.45) is 0 Å². The number of carbonyl (C=O) groups is 1. The molecule has 30 heavy (non-hydrogen) atoms. The molecule has 0 spiro atoms. The molecule has 0 bridgehead atoms. The van der Waals surface area contributed by atoms with Crippen LogP contribution in [-0.4, -0.2) is 15.5 Å². The molecule has 0 saturated heterocycles. The van der Waals surface area contributed by atoms with Crippen LogP contribution in [0, 0.1) is 0 Å². The largest absolute Gasteiger partial charge is 0.323 e. The van der Waals surface area contributed by atoms with Crippen LogP contribution in [-0.2, 0) is 13.0 Å². The van der Waals surface area contributed by atoms with Crippen molar-refractivity contribution in [3.63, 3.8) is 0 Å². The summed E-state index contributed by atoms with van der Waals surface area (Å²) in [5, 5.41) is 5.19. The summed E-state index contributed by atoms with van der Waals surface area (Å²) in [6, 6.07) is 24.5. The number of benzene rings is 2. The fourth-order valence-electron chi connectivity index (χ4n) is 4.10. The number of aryl methyl sites for hydroxylation is 1. The van der Waals surface area contributed by atoms with Gasteiger partial charge < -0.3 is 14.8 Å². The Morgan fingerprint density at radius 2 is 1.87 bits per heavy atom. The third-order valence-electron chi connectivity index (χ3n) is 5.65. The minimum absolute atomic E-state index is 0.0953. The summed E-state index contributed by atoms with van der Waals surface area (Å²) in [4.78, 5) is 16.6. The number of nitrogens with zero attached hydrogens (tertiary/aromatic N) is 2. The zero-order valence-electron chi connectivity index (χ0n) is 16.8. The van der Waals surface area contributed by atoms with Gasteiger partial charge in [0.05, 0.1) is 17.9 Å². The second-order valence-electron chi connectivity index (χ2n) is 7.46. The number of amides is 2. The van der Waals surface area contributed by atoms with Crippen molar-refractivity contribution < 1.29 is 4.79 Å². The molecule has 2 amide bonds. The van der Waals surface area contributed by atoms with Crippen LogP contribution in [0.2, 0.25) is 0 Å². The van der Waals surface area contributed by atoms with E-state index in [0.717, 1.165) is 33.9 Å². The molecule has 150 valence electrons. The van der Waals surface area contributed by atoms with Crippen LogP contribution in [0.25, 0.3) is 5.69 Å². The number of hydrogen-bond acceptors (Lipinski definition) is 2. The first-order chi connectivity index (χ1) is 14.7.